The van der Waals surface area contributed by atoms with Crippen molar-refractivity contribution in [2.24, 2.45) is 5.41 Å². The minimum absolute atomic E-state index is 0.135. The second-order valence-electron chi connectivity index (χ2n) is 4.38. The third kappa shape index (κ3) is 2.84. The minimum atomic E-state index is -0.403. The molecule has 0 fully saturated rings. The molecular weight excluding hydrogens is 178 g/mol. The highest BCUT2D eigenvalue weighted by Crippen LogP contribution is 2.27. The molecule has 80 valence electrons. The van der Waals surface area contributed by atoms with Gasteiger partial charge in [0.05, 0.1) is 12.5 Å². The average Bonchev–Trinajstić information content (AvgIpc) is 2.17. The van der Waals surface area contributed by atoms with Crippen molar-refractivity contribution < 1.29 is 9.53 Å². The van der Waals surface area contributed by atoms with Crippen LogP contribution in [0, 0.1) is 5.41 Å². The molecule has 0 saturated carbocycles. The van der Waals surface area contributed by atoms with Crippen LogP contribution in [0.5, 0.6) is 0 Å². The normalized spacial score (nSPS) is 17.5. The van der Waals surface area contributed by atoms with Crippen LogP contribution in [0.1, 0.15) is 26.7 Å². The third-order valence-corrected chi connectivity index (χ3v) is 2.51. The molecule has 3 nitrogen and oxygen atoms in total. The van der Waals surface area contributed by atoms with Crippen LogP contribution < -0.4 is 5.32 Å². The van der Waals surface area contributed by atoms with E-state index >= 15 is 0 Å². The van der Waals surface area contributed by atoms with Crippen LogP contribution in [0.25, 0.3) is 0 Å². The van der Waals surface area contributed by atoms with Crippen LogP contribution in [0.15, 0.2) is 11.6 Å². The van der Waals surface area contributed by atoms with Gasteiger partial charge in [-0.15, -0.1) is 0 Å². The Bertz CT molecular complexity index is 244. The molecule has 0 saturated heterocycles. The maximum atomic E-state index is 11.4. The van der Waals surface area contributed by atoms with Crippen molar-refractivity contribution in [3.8, 4) is 0 Å². The summed E-state index contributed by atoms with van der Waals surface area (Å²) in [5.41, 5.74) is 0.909. The minimum Gasteiger partial charge on any atom is -0.469 e. The number of carbonyl (C=O) groups is 1. The van der Waals surface area contributed by atoms with Gasteiger partial charge in [0.1, 0.15) is 0 Å². The van der Waals surface area contributed by atoms with Crippen LogP contribution in [-0.2, 0) is 9.53 Å². The van der Waals surface area contributed by atoms with E-state index in [0.29, 0.717) is 0 Å². The predicted molar refractivity (Wildman–Crippen MR) is 56.0 cm³/mol. The lowest BCUT2D eigenvalue weighted by molar-refractivity contribution is -0.150. The van der Waals surface area contributed by atoms with E-state index < -0.39 is 5.41 Å². The number of nitrogens with one attached hydrogen (secondary N) is 1. The fraction of sp³-hybridized carbons (Fsp3) is 0.727. The Kier molecular flexibility index (Phi) is 3.69. The smallest absolute Gasteiger partial charge is 0.311 e. The first-order valence-corrected chi connectivity index (χ1v) is 5.03. The first-order chi connectivity index (χ1) is 6.56. The predicted octanol–water partition coefficient (Wildman–Crippen LogP) is 1.50. The Morgan fingerprint density at radius 3 is 2.86 bits per heavy atom. The third-order valence-electron chi connectivity index (χ3n) is 2.51. The van der Waals surface area contributed by atoms with Gasteiger partial charge in [-0.05, 0) is 33.2 Å². The molecule has 3 heteroatoms. The van der Waals surface area contributed by atoms with Crippen LogP contribution in [0.4, 0.5) is 0 Å². The Hall–Kier alpha value is -0.830. The van der Waals surface area contributed by atoms with Crippen molar-refractivity contribution in [2.75, 3.05) is 20.2 Å². The van der Waals surface area contributed by atoms with Gasteiger partial charge in [-0.3, -0.25) is 4.79 Å². The van der Waals surface area contributed by atoms with Gasteiger partial charge in [0.25, 0.3) is 0 Å². The number of esters is 1. The molecule has 0 aliphatic carbocycles. The molecule has 0 amide bonds. The number of ether oxygens (including phenoxy) is 1. The lowest BCUT2D eigenvalue weighted by atomic mass is 9.84. The van der Waals surface area contributed by atoms with E-state index in [2.05, 4.69) is 11.4 Å². The first-order valence-electron chi connectivity index (χ1n) is 5.03. The maximum Gasteiger partial charge on any atom is 0.311 e. The molecule has 1 aliphatic rings. The van der Waals surface area contributed by atoms with Crippen LogP contribution in [0.2, 0.25) is 0 Å². The fourth-order valence-electron chi connectivity index (χ4n) is 1.75. The van der Waals surface area contributed by atoms with Crippen molar-refractivity contribution in [3.63, 3.8) is 0 Å². The number of carbonyl (C=O) groups excluding carboxylic acids is 1. The standard InChI is InChI=1S/C11H19NO2/c1-11(2,10(13)14-3)7-9-5-4-6-12-8-9/h5,12H,4,6-8H2,1-3H3. The van der Waals surface area contributed by atoms with E-state index in [1.807, 2.05) is 13.8 Å². The second-order valence-corrected chi connectivity index (χ2v) is 4.38. The summed E-state index contributed by atoms with van der Waals surface area (Å²) in [6.07, 6.45) is 4.07. The van der Waals surface area contributed by atoms with Gasteiger partial charge in [-0.2, -0.15) is 0 Å². The molecule has 0 aromatic rings. The van der Waals surface area contributed by atoms with E-state index in [1.165, 1.54) is 12.7 Å². The van der Waals surface area contributed by atoms with Crippen LogP contribution >= 0.6 is 0 Å². The second kappa shape index (κ2) is 4.60. The lowest BCUT2D eigenvalue weighted by Crippen LogP contribution is -2.30. The molecule has 14 heavy (non-hydrogen) atoms. The van der Waals surface area contributed by atoms with Crippen molar-refractivity contribution >= 4 is 5.97 Å². The molecule has 1 aliphatic heterocycles. The van der Waals surface area contributed by atoms with Gasteiger partial charge in [-0.1, -0.05) is 11.6 Å². The molecule has 0 radical (unpaired) electrons. The van der Waals surface area contributed by atoms with Gasteiger partial charge in [0.15, 0.2) is 0 Å². The zero-order valence-corrected chi connectivity index (χ0v) is 9.22. The Labute approximate surface area is 85.5 Å². The summed E-state index contributed by atoms with van der Waals surface area (Å²) in [4.78, 5) is 11.4. The summed E-state index contributed by atoms with van der Waals surface area (Å²) in [5.74, 6) is -0.135. The quantitative estimate of drug-likeness (QED) is 0.550. The van der Waals surface area contributed by atoms with Crippen molar-refractivity contribution in [2.45, 2.75) is 26.7 Å². The summed E-state index contributed by atoms with van der Waals surface area (Å²) < 4.78 is 4.77. The first kappa shape index (κ1) is 11.2. The number of methoxy groups -OCH3 is 1. The monoisotopic (exact) mass is 197 g/mol. The topological polar surface area (TPSA) is 38.3 Å². The molecule has 1 rings (SSSR count). The molecule has 0 aromatic heterocycles. The number of hydrogen-bond acceptors (Lipinski definition) is 3. The zero-order valence-electron chi connectivity index (χ0n) is 9.22. The molecule has 1 N–H and O–H groups in total. The molecule has 0 atom stereocenters. The molecule has 0 spiro atoms. The van der Waals surface area contributed by atoms with Crippen molar-refractivity contribution in [1.82, 2.24) is 5.32 Å². The number of hydrogen-bond donors (Lipinski definition) is 1. The lowest BCUT2D eigenvalue weighted by Gasteiger charge is -2.24. The largest absolute Gasteiger partial charge is 0.469 e. The van der Waals surface area contributed by atoms with Gasteiger partial charge >= 0.3 is 5.97 Å². The summed E-state index contributed by atoms with van der Waals surface area (Å²) in [5, 5.41) is 3.29. The SMILES string of the molecule is COC(=O)C(C)(C)CC1=CCCNC1. The number of rotatable bonds is 3. The summed E-state index contributed by atoms with van der Waals surface area (Å²) >= 11 is 0. The van der Waals surface area contributed by atoms with E-state index in [-0.39, 0.29) is 5.97 Å². The van der Waals surface area contributed by atoms with Gasteiger partial charge in [-0.25, -0.2) is 0 Å². The fourth-order valence-corrected chi connectivity index (χ4v) is 1.75. The molecule has 0 unspecified atom stereocenters. The molecule has 0 aromatic carbocycles. The van der Waals surface area contributed by atoms with Crippen LogP contribution in [-0.4, -0.2) is 26.2 Å². The van der Waals surface area contributed by atoms with Crippen LogP contribution in [0.3, 0.4) is 0 Å². The zero-order chi connectivity index (χ0) is 10.6. The Morgan fingerprint density at radius 2 is 2.36 bits per heavy atom. The van der Waals surface area contributed by atoms with Gasteiger partial charge in [0.2, 0.25) is 0 Å². The molecule has 0 bridgehead atoms. The highest BCUT2D eigenvalue weighted by molar-refractivity contribution is 5.76. The van der Waals surface area contributed by atoms with Gasteiger partial charge < -0.3 is 10.1 Å². The van der Waals surface area contributed by atoms with E-state index in [4.69, 9.17) is 4.74 Å². The average molecular weight is 197 g/mol. The molecular formula is C11H19NO2. The summed E-state index contributed by atoms with van der Waals surface area (Å²) in [7, 11) is 1.44. The van der Waals surface area contributed by atoms with Gasteiger partial charge in [0, 0.05) is 6.54 Å². The van der Waals surface area contributed by atoms with Crippen molar-refractivity contribution in [3.05, 3.63) is 11.6 Å². The van der Waals surface area contributed by atoms with E-state index in [0.717, 1.165) is 25.9 Å². The summed E-state index contributed by atoms with van der Waals surface area (Å²) in [6.45, 7) is 5.80. The van der Waals surface area contributed by atoms with E-state index in [1.54, 1.807) is 0 Å². The van der Waals surface area contributed by atoms with Crippen molar-refractivity contribution in [1.29, 1.82) is 0 Å². The summed E-state index contributed by atoms with van der Waals surface area (Å²) in [6, 6.07) is 0. The van der Waals surface area contributed by atoms with E-state index in [9.17, 15) is 4.79 Å². The Balaban J connectivity index is 2.57. The molecule has 1 heterocycles. The Morgan fingerprint density at radius 1 is 1.64 bits per heavy atom. The maximum absolute atomic E-state index is 11.4. The highest BCUT2D eigenvalue weighted by Gasteiger charge is 2.29. The highest BCUT2D eigenvalue weighted by atomic mass is 16.5.